The van der Waals surface area contributed by atoms with E-state index in [1.165, 1.54) is 22.6 Å². The van der Waals surface area contributed by atoms with Crippen molar-refractivity contribution in [2.24, 2.45) is 0 Å². The second-order valence-corrected chi connectivity index (χ2v) is 7.53. The number of H-pyrrole nitrogens is 1. The highest BCUT2D eigenvalue weighted by Crippen LogP contribution is 2.38. The quantitative estimate of drug-likeness (QED) is 0.534. The first-order chi connectivity index (χ1) is 13.9. The van der Waals surface area contributed by atoms with Crippen LogP contribution in [0.1, 0.15) is 38.9 Å². The van der Waals surface area contributed by atoms with Crippen molar-refractivity contribution in [1.29, 1.82) is 0 Å². The van der Waals surface area contributed by atoms with Gasteiger partial charge in [-0.2, -0.15) is 13.2 Å². The molecule has 4 aromatic rings. The number of aromatic nitrogens is 4. The fourth-order valence-electron chi connectivity index (χ4n) is 3.40. The molecule has 0 saturated heterocycles. The Morgan fingerprint density at radius 2 is 2.10 bits per heavy atom. The maximum absolute atomic E-state index is 13.0. The first-order valence-corrected chi connectivity index (χ1v) is 9.45. The lowest BCUT2D eigenvalue weighted by Gasteiger charge is -2.33. The minimum atomic E-state index is -4.76. The van der Waals surface area contributed by atoms with Crippen LogP contribution in [0.15, 0.2) is 41.2 Å². The molecule has 0 unspecified atom stereocenters. The molecule has 0 fully saturated rings. The van der Waals surface area contributed by atoms with Crippen LogP contribution in [0.5, 0.6) is 0 Å². The van der Waals surface area contributed by atoms with Crippen molar-refractivity contribution in [2.45, 2.75) is 18.6 Å². The lowest BCUT2D eigenvalue weighted by atomic mass is 10.0. The molecule has 4 heterocycles. The zero-order valence-corrected chi connectivity index (χ0v) is 15.4. The zero-order valence-electron chi connectivity index (χ0n) is 14.6. The third-order valence-corrected chi connectivity index (χ3v) is 5.78. The molecule has 0 bridgehead atoms. The predicted molar refractivity (Wildman–Crippen MR) is 96.3 cm³/mol. The number of hydrogen-bond acceptors (Lipinski definition) is 6. The van der Waals surface area contributed by atoms with Gasteiger partial charge in [0.15, 0.2) is 0 Å². The summed E-state index contributed by atoms with van der Waals surface area (Å²) in [7, 11) is 0. The summed E-state index contributed by atoms with van der Waals surface area (Å²) in [5, 5.41) is 0.628. The first-order valence-electron chi connectivity index (χ1n) is 8.63. The molecule has 5 rings (SSSR count). The molecule has 1 atom stereocenters. The summed E-state index contributed by atoms with van der Waals surface area (Å²) in [6, 6.07) is 6.91. The molecule has 0 saturated carbocycles. The number of nitrogens with zero attached hydrogens (tertiary/aromatic N) is 4. The fourth-order valence-corrected chi connectivity index (χ4v) is 4.48. The Morgan fingerprint density at radius 3 is 2.86 bits per heavy atom. The number of carbonyl (C=O) groups is 1. The third-order valence-electron chi connectivity index (χ3n) is 4.69. The van der Waals surface area contributed by atoms with Crippen LogP contribution >= 0.6 is 11.3 Å². The van der Waals surface area contributed by atoms with E-state index < -0.39 is 29.8 Å². The molecule has 7 nitrogen and oxygen atoms in total. The van der Waals surface area contributed by atoms with Crippen LogP contribution in [0.2, 0.25) is 0 Å². The number of amides is 1. The van der Waals surface area contributed by atoms with Gasteiger partial charge < -0.3 is 14.3 Å². The van der Waals surface area contributed by atoms with Gasteiger partial charge in [0.05, 0.1) is 28.4 Å². The Labute approximate surface area is 165 Å². The molecular formula is C18H12F3N5O2S. The smallest absolute Gasteiger partial charge is 0.428 e. The Kier molecular flexibility index (Phi) is 3.95. The number of halogens is 3. The number of oxazole rings is 1. The van der Waals surface area contributed by atoms with Gasteiger partial charge in [0.1, 0.15) is 11.0 Å². The number of imidazole rings is 1. The first kappa shape index (κ1) is 17.9. The highest BCUT2D eigenvalue weighted by Gasteiger charge is 2.41. The molecule has 0 spiro atoms. The number of carbonyl (C=O) groups excluding carboxylic acids is 1. The van der Waals surface area contributed by atoms with Gasteiger partial charge in [-0.3, -0.25) is 4.79 Å². The molecule has 0 aliphatic carbocycles. The Hall–Kier alpha value is -3.21. The summed E-state index contributed by atoms with van der Waals surface area (Å²) >= 11 is 1.41. The standard InChI is InChI=1S/C18H12F3N5O2S/c19-18(20,21)17-22-7-11(28-17)16(27)26-6-5-10-13(24-8-23-10)14(26)15-25-9-3-1-2-4-12(9)29-15/h1-4,7-8,14H,5-6H2,(H,23,24)/t14-/m0/s1. The van der Waals surface area contributed by atoms with E-state index in [0.717, 1.165) is 22.1 Å². The van der Waals surface area contributed by atoms with Gasteiger partial charge in [-0.1, -0.05) is 12.1 Å². The van der Waals surface area contributed by atoms with E-state index in [2.05, 4.69) is 19.9 Å². The van der Waals surface area contributed by atoms with Gasteiger partial charge in [-0.05, 0) is 12.1 Å². The molecule has 1 aliphatic heterocycles. The number of fused-ring (bicyclic) bond motifs is 2. The van der Waals surface area contributed by atoms with Gasteiger partial charge in [-0.25, -0.2) is 15.0 Å². The summed E-state index contributed by atoms with van der Waals surface area (Å²) in [5.41, 5.74) is 2.27. The van der Waals surface area contributed by atoms with Crippen molar-refractivity contribution in [3.05, 3.63) is 64.8 Å². The lowest BCUT2D eigenvalue weighted by molar-refractivity contribution is -0.157. The number of thiazole rings is 1. The van der Waals surface area contributed by atoms with E-state index in [-0.39, 0.29) is 6.54 Å². The van der Waals surface area contributed by atoms with Gasteiger partial charge in [-0.15, -0.1) is 11.3 Å². The van der Waals surface area contributed by atoms with Crippen LogP contribution in [0.4, 0.5) is 13.2 Å². The number of aromatic amines is 1. The second kappa shape index (κ2) is 6.41. The van der Waals surface area contributed by atoms with Crippen LogP contribution in [0.25, 0.3) is 10.2 Å². The average Bonchev–Trinajstić information content (AvgIpc) is 3.44. The van der Waals surface area contributed by atoms with Crippen molar-refractivity contribution in [3.8, 4) is 0 Å². The van der Waals surface area contributed by atoms with E-state index in [0.29, 0.717) is 17.1 Å². The molecule has 1 N–H and O–H groups in total. The normalized spacial score (nSPS) is 16.9. The molecule has 29 heavy (non-hydrogen) atoms. The van der Waals surface area contributed by atoms with Gasteiger partial charge in [0.2, 0.25) is 5.76 Å². The van der Waals surface area contributed by atoms with Crippen molar-refractivity contribution >= 4 is 27.5 Å². The van der Waals surface area contributed by atoms with Crippen molar-refractivity contribution < 1.29 is 22.4 Å². The van der Waals surface area contributed by atoms with E-state index >= 15 is 0 Å². The Morgan fingerprint density at radius 1 is 1.28 bits per heavy atom. The topological polar surface area (TPSA) is 87.9 Å². The summed E-state index contributed by atoms with van der Waals surface area (Å²) in [6.07, 6.45) is -1.93. The number of benzene rings is 1. The molecule has 1 aromatic carbocycles. The van der Waals surface area contributed by atoms with Crippen LogP contribution in [-0.2, 0) is 12.6 Å². The Bertz CT molecular complexity index is 1180. The summed E-state index contributed by atoms with van der Waals surface area (Å²) in [6.45, 7) is 0.274. The van der Waals surface area contributed by atoms with Crippen LogP contribution in [0, 0.1) is 0 Å². The number of nitrogens with one attached hydrogen (secondary N) is 1. The number of rotatable bonds is 2. The van der Waals surface area contributed by atoms with E-state index in [1.54, 1.807) is 0 Å². The summed E-state index contributed by atoms with van der Waals surface area (Å²) in [4.78, 5) is 29.7. The molecule has 148 valence electrons. The molecule has 11 heteroatoms. The zero-order chi connectivity index (χ0) is 20.2. The number of para-hydroxylation sites is 1. The van der Waals surface area contributed by atoms with Crippen molar-refractivity contribution in [3.63, 3.8) is 0 Å². The Balaban J connectivity index is 1.57. The van der Waals surface area contributed by atoms with E-state index in [9.17, 15) is 18.0 Å². The van der Waals surface area contributed by atoms with Crippen LogP contribution in [-0.4, -0.2) is 37.3 Å². The third kappa shape index (κ3) is 2.97. The highest BCUT2D eigenvalue weighted by molar-refractivity contribution is 7.18. The van der Waals surface area contributed by atoms with E-state index in [4.69, 9.17) is 4.42 Å². The fraction of sp³-hybridized carbons (Fsp3) is 0.222. The number of alkyl halides is 3. The SMILES string of the molecule is O=C(c1cnc(C(F)(F)F)o1)N1CCc2[nH]cnc2[C@H]1c1nc2ccccc2s1. The molecule has 3 aromatic heterocycles. The monoisotopic (exact) mass is 419 g/mol. The van der Waals surface area contributed by atoms with Gasteiger partial charge in [0, 0.05) is 18.7 Å². The molecule has 1 amide bonds. The summed E-state index contributed by atoms with van der Waals surface area (Å²) < 4.78 is 44.1. The highest BCUT2D eigenvalue weighted by atomic mass is 32.1. The average molecular weight is 419 g/mol. The second-order valence-electron chi connectivity index (χ2n) is 6.46. The largest absolute Gasteiger partial charge is 0.468 e. The minimum absolute atomic E-state index is 0.274. The van der Waals surface area contributed by atoms with E-state index in [1.807, 2.05) is 24.3 Å². The molecular weight excluding hydrogens is 407 g/mol. The van der Waals surface area contributed by atoms with Crippen molar-refractivity contribution in [1.82, 2.24) is 24.8 Å². The lowest BCUT2D eigenvalue weighted by Crippen LogP contribution is -2.40. The number of hydrogen-bond donors (Lipinski definition) is 1. The predicted octanol–water partition coefficient (Wildman–Crippen LogP) is 3.81. The van der Waals surface area contributed by atoms with Crippen LogP contribution < -0.4 is 0 Å². The summed E-state index contributed by atoms with van der Waals surface area (Å²) in [5.74, 6) is -2.61. The maximum atomic E-state index is 13.0. The van der Waals surface area contributed by atoms with Crippen LogP contribution in [0.3, 0.4) is 0 Å². The molecule has 1 aliphatic rings. The maximum Gasteiger partial charge on any atom is 0.468 e. The van der Waals surface area contributed by atoms with Gasteiger partial charge >= 0.3 is 12.1 Å². The van der Waals surface area contributed by atoms with Gasteiger partial charge in [0.25, 0.3) is 5.91 Å². The van der Waals surface area contributed by atoms with Crippen molar-refractivity contribution in [2.75, 3.05) is 6.54 Å². The molecule has 0 radical (unpaired) electrons. The minimum Gasteiger partial charge on any atom is -0.428 e.